The van der Waals surface area contributed by atoms with Gasteiger partial charge >= 0.3 is 0 Å². The first-order valence-corrected chi connectivity index (χ1v) is 4.47. The Hall–Kier alpha value is -1.32. The van der Waals surface area contributed by atoms with E-state index in [4.69, 9.17) is 0 Å². The van der Waals surface area contributed by atoms with Crippen LogP contribution in [0.2, 0.25) is 0 Å². The maximum absolute atomic E-state index is 11.7. The lowest BCUT2D eigenvalue weighted by molar-refractivity contribution is 0.0773. The summed E-state index contributed by atoms with van der Waals surface area (Å²) in [4.78, 5) is 13.5. The van der Waals surface area contributed by atoms with E-state index in [-0.39, 0.29) is 5.91 Å². The van der Waals surface area contributed by atoms with E-state index in [0.717, 1.165) is 13.1 Å². The molecule has 0 aliphatic carbocycles. The summed E-state index contributed by atoms with van der Waals surface area (Å²) < 4.78 is 1.64. The van der Waals surface area contributed by atoms with Gasteiger partial charge in [-0.3, -0.25) is 9.48 Å². The molecule has 1 rings (SSSR count). The summed E-state index contributed by atoms with van der Waals surface area (Å²) in [6.45, 7) is 5.42. The number of hydrogen-bond acceptors (Lipinski definition) is 2. The minimum absolute atomic E-state index is 0.0538. The molecule has 13 heavy (non-hydrogen) atoms. The van der Waals surface area contributed by atoms with Crippen LogP contribution in [0.25, 0.3) is 0 Å². The minimum Gasteiger partial charge on any atom is -0.339 e. The topological polar surface area (TPSA) is 38.1 Å². The van der Waals surface area contributed by atoms with Crippen LogP contribution in [0.15, 0.2) is 12.4 Å². The van der Waals surface area contributed by atoms with Crippen LogP contribution in [-0.4, -0.2) is 33.7 Å². The Kier molecular flexibility index (Phi) is 3.06. The van der Waals surface area contributed by atoms with Gasteiger partial charge in [0, 0.05) is 26.3 Å². The number of hydrogen-bond donors (Lipinski definition) is 0. The van der Waals surface area contributed by atoms with Crippen molar-refractivity contribution in [2.45, 2.75) is 13.8 Å². The van der Waals surface area contributed by atoms with Gasteiger partial charge in [0.2, 0.25) is 0 Å². The van der Waals surface area contributed by atoms with Gasteiger partial charge in [0.05, 0.1) is 11.8 Å². The highest BCUT2D eigenvalue weighted by molar-refractivity contribution is 5.93. The molecule has 0 N–H and O–H groups in total. The zero-order valence-electron chi connectivity index (χ0n) is 8.32. The highest BCUT2D eigenvalue weighted by Gasteiger charge is 2.13. The van der Waals surface area contributed by atoms with Crippen molar-refractivity contribution < 1.29 is 4.79 Å². The van der Waals surface area contributed by atoms with Gasteiger partial charge in [0.1, 0.15) is 0 Å². The SMILES string of the molecule is CCN(CC)C(=O)c1cnn(C)c1. The van der Waals surface area contributed by atoms with Crippen LogP contribution in [0.3, 0.4) is 0 Å². The standard InChI is InChI=1S/C9H15N3O/c1-4-12(5-2)9(13)8-6-10-11(3)7-8/h6-7H,4-5H2,1-3H3. The third-order valence-electron chi connectivity index (χ3n) is 2.00. The summed E-state index contributed by atoms with van der Waals surface area (Å²) in [5.41, 5.74) is 0.659. The van der Waals surface area contributed by atoms with Crippen molar-refractivity contribution in [3.05, 3.63) is 18.0 Å². The fraction of sp³-hybridized carbons (Fsp3) is 0.556. The first-order valence-electron chi connectivity index (χ1n) is 4.47. The molecule has 0 aliphatic heterocycles. The van der Waals surface area contributed by atoms with E-state index in [9.17, 15) is 4.79 Å². The van der Waals surface area contributed by atoms with E-state index in [2.05, 4.69) is 5.10 Å². The summed E-state index contributed by atoms with van der Waals surface area (Å²) >= 11 is 0. The number of carbonyl (C=O) groups excluding carboxylic acids is 1. The lowest BCUT2D eigenvalue weighted by Crippen LogP contribution is -2.30. The van der Waals surface area contributed by atoms with Crippen LogP contribution in [0.1, 0.15) is 24.2 Å². The van der Waals surface area contributed by atoms with Crippen molar-refractivity contribution in [1.82, 2.24) is 14.7 Å². The van der Waals surface area contributed by atoms with E-state index >= 15 is 0 Å². The van der Waals surface area contributed by atoms with Gasteiger partial charge in [-0.25, -0.2) is 0 Å². The summed E-state index contributed by atoms with van der Waals surface area (Å²) in [5, 5.41) is 3.96. The quantitative estimate of drug-likeness (QED) is 0.695. The van der Waals surface area contributed by atoms with Gasteiger partial charge in [-0.05, 0) is 13.8 Å². The molecular formula is C9H15N3O. The molecule has 1 amide bonds. The van der Waals surface area contributed by atoms with E-state index in [1.807, 2.05) is 13.8 Å². The largest absolute Gasteiger partial charge is 0.339 e. The maximum atomic E-state index is 11.7. The van der Waals surface area contributed by atoms with Crippen molar-refractivity contribution >= 4 is 5.91 Å². The van der Waals surface area contributed by atoms with Crippen molar-refractivity contribution in [2.24, 2.45) is 7.05 Å². The van der Waals surface area contributed by atoms with Gasteiger partial charge in [-0.2, -0.15) is 5.10 Å². The van der Waals surface area contributed by atoms with Crippen LogP contribution < -0.4 is 0 Å². The smallest absolute Gasteiger partial charge is 0.257 e. The van der Waals surface area contributed by atoms with E-state index in [1.54, 1.807) is 29.0 Å². The molecule has 0 bridgehead atoms. The van der Waals surface area contributed by atoms with Crippen molar-refractivity contribution in [1.29, 1.82) is 0 Å². The highest BCUT2D eigenvalue weighted by atomic mass is 16.2. The summed E-state index contributed by atoms with van der Waals surface area (Å²) in [6.07, 6.45) is 3.33. The third kappa shape index (κ3) is 2.08. The molecule has 1 heterocycles. The molecule has 0 aliphatic rings. The second-order valence-electron chi connectivity index (χ2n) is 2.88. The minimum atomic E-state index is 0.0538. The Morgan fingerprint density at radius 1 is 1.54 bits per heavy atom. The summed E-state index contributed by atoms with van der Waals surface area (Å²) in [6, 6.07) is 0. The number of amides is 1. The lowest BCUT2D eigenvalue weighted by atomic mass is 10.3. The Morgan fingerprint density at radius 2 is 2.15 bits per heavy atom. The first-order chi connectivity index (χ1) is 6.19. The van der Waals surface area contributed by atoms with Crippen molar-refractivity contribution in [3.8, 4) is 0 Å². The summed E-state index contributed by atoms with van der Waals surface area (Å²) in [7, 11) is 1.80. The maximum Gasteiger partial charge on any atom is 0.257 e. The second-order valence-corrected chi connectivity index (χ2v) is 2.88. The molecule has 0 aromatic carbocycles. The van der Waals surface area contributed by atoms with Crippen LogP contribution >= 0.6 is 0 Å². The lowest BCUT2D eigenvalue weighted by Gasteiger charge is -2.17. The molecule has 0 radical (unpaired) electrons. The fourth-order valence-corrected chi connectivity index (χ4v) is 1.23. The van der Waals surface area contributed by atoms with Gasteiger partial charge in [-0.1, -0.05) is 0 Å². The Balaban J connectivity index is 2.78. The number of nitrogens with zero attached hydrogens (tertiary/aromatic N) is 3. The van der Waals surface area contributed by atoms with Gasteiger partial charge in [0.15, 0.2) is 0 Å². The van der Waals surface area contributed by atoms with Crippen molar-refractivity contribution in [2.75, 3.05) is 13.1 Å². The van der Waals surface area contributed by atoms with Gasteiger partial charge < -0.3 is 4.90 Å². The Morgan fingerprint density at radius 3 is 2.54 bits per heavy atom. The first kappa shape index (κ1) is 9.77. The molecule has 4 heteroatoms. The molecule has 0 spiro atoms. The average molecular weight is 181 g/mol. The third-order valence-corrected chi connectivity index (χ3v) is 2.00. The average Bonchev–Trinajstić information content (AvgIpc) is 2.54. The molecule has 1 aromatic rings. The van der Waals surface area contributed by atoms with E-state index in [0.29, 0.717) is 5.56 Å². The van der Waals surface area contributed by atoms with Gasteiger partial charge in [-0.15, -0.1) is 0 Å². The van der Waals surface area contributed by atoms with Crippen LogP contribution in [0.4, 0.5) is 0 Å². The highest BCUT2D eigenvalue weighted by Crippen LogP contribution is 2.02. The monoisotopic (exact) mass is 181 g/mol. The second kappa shape index (κ2) is 4.07. The number of aromatic nitrogens is 2. The number of aryl methyl sites for hydroxylation is 1. The fourth-order valence-electron chi connectivity index (χ4n) is 1.23. The molecule has 0 saturated heterocycles. The van der Waals surface area contributed by atoms with E-state index < -0.39 is 0 Å². The normalized spacial score (nSPS) is 10.1. The van der Waals surface area contributed by atoms with Crippen molar-refractivity contribution in [3.63, 3.8) is 0 Å². The Bertz CT molecular complexity index is 289. The Labute approximate surface area is 78.1 Å². The molecule has 0 fully saturated rings. The zero-order chi connectivity index (χ0) is 9.84. The molecule has 0 saturated carbocycles. The molecular weight excluding hydrogens is 166 g/mol. The predicted octanol–water partition coefficient (Wildman–Crippen LogP) is 0.902. The molecule has 0 unspecified atom stereocenters. The van der Waals surface area contributed by atoms with Crippen LogP contribution in [0, 0.1) is 0 Å². The van der Waals surface area contributed by atoms with Gasteiger partial charge in [0.25, 0.3) is 5.91 Å². The van der Waals surface area contributed by atoms with E-state index in [1.165, 1.54) is 0 Å². The predicted molar refractivity (Wildman–Crippen MR) is 50.5 cm³/mol. The number of rotatable bonds is 3. The molecule has 1 aromatic heterocycles. The number of carbonyl (C=O) groups is 1. The molecule has 4 nitrogen and oxygen atoms in total. The summed E-state index contributed by atoms with van der Waals surface area (Å²) in [5.74, 6) is 0.0538. The zero-order valence-corrected chi connectivity index (χ0v) is 8.32. The van der Waals surface area contributed by atoms with Crippen LogP contribution in [-0.2, 0) is 7.05 Å². The van der Waals surface area contributed by atoms with Crippen LogP contribution in [0.5, 0.6) is 0 Å². The molecule has 0 atom stereocenters. The molecule has 72 valence electrons.